The molecule has 162 valence electrons. The highest BCUT2D eigenvalue weighted by atomic mass is 16.6. The molecule has 8 nitrogen and oxygen atoms in total. The predicted molar refractivity (Wildman–Crippen MR) is 123 cm³/mol. The highest BCUT2D eigenvalue weighted by molar-refractivity contribution is 5.77. The summed E-state index contributed by atoms with van der Waals surface area (Å²) in [6, 6.07) is 18.7. The quantitative estimate of drug-likeness (QED) is 0.492. The number of nitriles is 1. The van der Waals surface area contributed by atoms with Gasteiger partial charge in [-0.05, 0) is 30.2 Å². The number of aryl methyl sites for hydroxylation is 1. The molecule has 1 aromatic heterocycles. The average molecular weight is 429 g/mol. The molecule has 1 N–H and O–H groups in total. The molecule has 4 rings (SSSR count). The maximum absolute atomic E-state index is 12.1. The summed E-state index contributed by atoms with van der Waals surface area (Å²) in [6.07, 6.45) is 0. The Bertz CT molecular complexity index is 1240. The van der Waals surface area contributed by atoms with Gasteiger partial charge in [0.05, 0.1) is 4.92 Å². The maximum atomic E-state index is 12.1. The van der Waals surface area contributed by atoms with Gasteiger partial charge < -0.3 is 9.88 Å². The van der Waals surface area contributed by atoms with Crippen LogP contribution in [-0.4, -0.2) is 41.0 Å². The van der Waals surface area contributed by atoms with E-state index in [-0.39, 0.29) is 11.3 Å². The third kappa shape index (κ3) is 4.38. The molecule has 32 heavy (non-hydrogen) atoms. The van der Waals surface area contributed by atoms with Crippen molar-refractivity contribution < 1.29 is 4.92 Å². The smallest absolute Gasteiger partial charge is 0.293 e. The zero-order valence-electron chi connectivity index (χ0n) is 17.7. The third-order valence-electron chi connectivity index (χ3n) is 5.72. The van der Waals surface area contributed by atoms with Gasteiger partial charge in [0.15, 0.2) is 0 Å². The van der Waals surface area contributed by atoms with Gasteiger partial charge in [-0.2, -0.15) is 5.26 Å². The number of nitrogens with one attached hydrogen (secondary N) is 1. The van der Waals surface area contributed by atoms with E-state index in [1.54, 1.807) is 25.1 Å². The summed E-state index contributed by atoms with van der Waals surface area (Å²) in [5.74, 6) is 0. The van der Waals surface area contributed by atoms with Crippen LogP contribution < -0.4 is 10.5 Å². The number of nitro benzene ring substituents is 1. The number of pyridine rings is 1. The van der Waals surface area contributed by atoms with E-state index in [2.05, 4.69) is 22.0 Å². The minimum Gasteiger partial charge on any atom is -0.363 e. The summed E-state index contributed by atoms with van der Waals surface area (Å²) in [5.41, 5.74) is 2.70. The number of hydrogen-bond donors (Lipinski definition) is 1. The molecule has 0 spiro atoms. The zero-order valence-corrected chi connectivity index (χ0v) is 17.7. The van der Waals surface area contributed by atoms with Crippen molar-refractivity contribution in [3.8, 4) is 17.2 Å². The van der Waals surface area contributed by atoms with Crippen molar-refractivity contribution in [2.75, 3.05) is 31.1 Å². The Labute approximate surface area is 185 Å². The van der Waals surface area contributed by atoms with Crippen LogP contribution in [0.1, 0.15) is 16.8 Å². The van der Waals surface area contributed by atoms with Gasteiger partial charge in [0.1, 0.15) is 17.3 Å². The number of anilines is 1. The molecule has 1 aliphatic rings. The van der Waals surface area contributed by atoms with E-state index >= 15 is 0 Å². The van der Waals surface area contributed by atoms with Crippen LogP contribution >= 0.6 is 0 Å². The molecule has 2 aromatic carbocycles. The highest BCUT2D eigenvalue weighted by Gasteiger charge is 2.25. The van der Waals surface area contributed by atoms with Crippen LogP contribution in [0.3, 0.4) is 0 Å². The number of piperazine rings is 1. The summed E-state index contributed by atoms with van der Waals surface area (Å²) in [5, 5.41) is 21.3. The molecule has 8 heteroatoms. The fraction of sp³-hybridized carbons (Fsp3) is 0.250. The van der Waals surface area contributed by atoms with Crippen LogP contribution in [0.2, 0.25) is 0 Å². The summed E-state index contributed by atoms with van der Waals surface area (Å²) in [6.45, 7) is 5.54. The van der Waals surface area contributed by atoms with Crippen molar-refractivity contribution in [1.82, 2.24) is 9.88 Å². The van der Waals surface area contributed by atoms with Crippen LogP contribution in [0.15, 0.2) is 59.4 Å². The number of H-pyrrole nitrogens is 1. The second kappa shape index (κ2) is 9.04. The first-order valence-corrected chi connectivity index (χ1v) is 10.4. The van der Waals surface area contributed by atoms with Gasteiger partial charge in [-0.15, -0.1) is 0 Å². The van der Waals surface area contributed by atoms with Gasteiger partial charge in [-0.1, -0.05) is 36.4 Å². The van der Waals surface area contributed by atoms with E-state index in [4.69, 9.17) is 0 Å². The van der Waals surface area contributed by atoms with Gasteiger partial charge in [0.25, 0.3) is 11.2 Å². The standard InChI is InChI=1S/C24H23N5O3/c1-17-13-20(21(15-25)24(30)26-17)19-7-8-22(23(14-19)29(31)32)28-11-9-27(10-12-28)16-18-5-3-2-4-6-18/h2-8,13-14H,9-12,16H2,1H3,(H,26,30). The van der Waals surface area contributed by atoms with Gasteiger partial charge in [0.2, 0.25) is 0 Å². The number of hydrogen-bond acceptors (Lipinski definition) is 6. The van der Waals surface area contributed by atoms with E-state index in [9.17, 15) is 20.2 Å². The number of aromatic nitrogens is 1. The van der Waals surface area contributed by atoms with Crippen LogP contribution in [0.25, 0.3) is 11.1 Å². The molecule has 0 unspecified atom stereocenters. The minimum absolute atomic E-state index is 0.0270. The van der Waals surface area contributed by atoms with Gasteiger partial charge in [0, 0.05) is 50.0 Å². The van der Waals surface area contributed by atoms with E-state index in [0.29, 0.717) is 35.6 Å². The Morgan fingerprint density at radius 3 is 2.47 bits per heavy atom. The lowest BCUT2D eigenvalue weighted by Crippen LogP contribution is -2.46. The molecule has 3 aromatic rings. The van der Waals surface area contributed by atoms with E-state index in [0.717, 1.165) is 19.6 Å². The number of rotatable bonds is 5. The summed E-state index contributed by atoms with van der Waals surface area (Å²) in [7, 11) is 0. The zero-order chi connectivity index (χ0) is 22.7. The lowest BCUT2D eigenvalue weighted by Gasteiger charge is -2.35. The van der Waals surface area contributed by atoms with Gasteiger partial charge in [-0.3, -0.25) is 19.8 Å². The minimum atomic E-state index is -0.497. The number of aromatic amines is 1. The van der Waals surface area contributed by atoms with E-state index < -0.39 is 10.5 Å². The SMILES string of the molecule is Cc1cc(-c2ccc(N3CCN(Cc4ccccc4)CC3)c([N+](=O)[O-])c2)c(C#N)c(=O)[nH]1. The van der Waals surface area contributed by atoms with Crippen molar-refractivity contribution in [2.24, 2.45) is 0 Å². The van der Waals surface area contributed by atoms with Gasteiger partial charge >= 0.3 is 0 Å². The summed E-state index contributed by atoms with van der Waals surface area (Å²) < 4.78 is 0. The fourth-order valence-corrected chi connectivity index (χ4v) is 4.12. The number of nitro groups is 1. The van der Waals surface area contributed by atoms with Crippen molar-refractivity contribution in [2.45, 2.75) is 13.5 Å². The lowest BCUT2D eigenvalue weighted by atomic mass is 9.99. The Morgan fingerprint density at radius 2 is 1.81 bits per heavy atom. The number of nitrogens with zero attached hydrogens (tertiary/aromatic N) is 4. The van der Waals surface area contributed by atoms with Crippen molar-refractivity contribution >= 4 is 11.4 Å². The molecular weight excluding hydrogens is 406 g/mol. The molecule has 1 fully saturated rings. The molecule has 2 heterocycles. The number of benzene rings is 2. The third-order valence-corrected chi connectivity index (χ3v) is 5.72. The van der Waals surface area contributed by atoms with Crippen LogP contribution in [0.5, 0.6) is 0 Å². The monoisotopic (exact) mass is 429 g/mol. The van der Waals surface area contributed by atoms with Gasteiger partial charge in [-0.25, -0.2) is 0 Å². The molecule has 0 saturated carbocycles. The lowest BCUT2D eigenvalue weighted by molar-refractivity contribution is -0.384. The Hall–Kier alpha value is -3.96. The Kier molecular flexibility index (Phi) is 6.01. The molecule has 0 aliphatic carbocycles. The second-order valence-corrected chi connectivity index (χ2v) is 7.89. The van der Waals surface area contributed by atoms with E-state index in [1.165, 1.54) is 11.6 Å². The van der Waals surface area contributed by atoms with Crippen LogP contribution in [0.4, 0.5) is 11.4 Å². The average Bonchev–Trinajstić information content (AvgIpc) is 2.79. The molecule has 1 saturated heterocycles. The molecule has 1 aliphatic heterocycles. The molecule has 0 bridgehead atoms. The molecule has 0 amide bonds. The van der Waals surface area contributed by atoms with E-state index in [1.807, 2.05) is 29.2 Å². The maximum Gasteiger partial charge on any atom is 0.293 e. The topological polar surface area (TPSA) is 106 Å². The van der Waals surface area contributed by atoms with Crippen molar-refractivity contribution in [3.63, 3.8) is 0 Å². The molecule has 0 radical (unpaired) electrons. The molecule has 0 atom stereocenters. The molecular formula is C24H23N5O3. The Balaban J connectivity index is 1.58. The first-order chi connectivity index (χ1) is 15.5. The summed E-state index contributed by atoms with van der Waals surface area (Å²) >= 11 is 0. The van der Waals surface area contributed by atoms with Crippen molar-refractivity contribution in [3.05, 3.63) is 91.9 Å². The highest BCUT2D eigenvalue weighted by Crippen LogP contribution is 2.34. The van der Waals surface area contributed by atoms with Crippen LogP contribution in [0, 0.1) is 28.4 Å². The Morgan fingerprint density at radius 1 is 1.09 bits per heavy atom. The van der Waals surface area contributed by atoms with Crippen molar-refractivity contribution in [1.29, 1.82) is 5.26 Å². The summed E-state index contributed by atoms with van der Waals surface area (Å²) in [4.78, 5) is 30.6. The largest absolute Gasteiger partial charge is 0.363 e. The second-order valence-electron chi connectivity index (χ2n) is 7.89. The first-order valence-electron chi connectivity index (χ1n) is 10.4. The normalized spacial score (nSPS) is 14.2. The first kappa shape index (κ1) is 21.3. The predicted octanol–water partition coefficient (Wildman–Crippen LogP) is 3.45. The van der Waals surface area contributed by atoms with Crippen LogP contribution in [-0.2, 0) is 6.54 Å². The fourth-order valence-electron chi connectivity index (χ4n) is 4.12.